The SMILES string of the molecule is CC[C@@]1(C)Cc2c(sc3nc(SC)nc(NCC(OC)OC)c23)CO1. The van der Waals surface area contributed by atoms with Crippen LogP contribution in [0.3, 0.4) is 0 Å². The lowest BCUT2D eigenvalue weighted by Crippen LogP contribution is -2.34. The van der Waals surface area contributed by atoms with Crippen molar-refractivity contribution in [2.75, 3.05) is 32.3 Å². The minimum atomic E-state index is -0.318. The van der Waals surface area contributed by atoms with Crippen LogP contribution < -0.4 is 5.32 Å². The molecule has 1 atom stereocenters. The number of hydrogen-bond acceptors (Lipinski definition) is 8. The molecule has 1 aliphatic rings. The van der Waals surface area contributed by atoms with Crippen molar-refractivity contribution < 1.29 is 14.2 Å². The maximum absolute atomic E-state index is 6.10. The fraction of sp³-hybridized carbons (Fsp3) is 0.647. The molecule has 0 amide bonds. The van der Waals surface area contributed by atoms with Crippen molar-refractivity contribution >= 4 is 39.1 Å². The Morgan fingerprint density at radius 1 is 1.36 bits per heavy atom. The third kappa shape index (κ3) is 3.78. The highest BCUT2D eigenvalue weighted by Crippen LogP contribution is 2.42. The molecule has 8 heteroatoms. The molecule has 0 fully saturated rings. The Labute approximate surface area is 156 Å². The molecule has 0 aliphatic carbocycles. The number of thioether (sulfide) groups is 1. The van der Waals surface area contributed by atoms with Crippen molar-refractivity contribution in [1.29, 1.82) is 0 Å². The van der Waals surface area contributed by atoms with Crippen LogP contribution in [0, 0.1) is 0 Å². The second-order valence-electron chi connectivity index (χ2n) is 6.29. The van der Waals surface area contributed by atoms with E-state index in [1.165, 1.54) is 10.4 Å². The molecule has 0 saturated heterocycles. The molecule has 1 N–H and O–H groups in total. The Morgan fingerprint density at radius 2 is 2.12 bits per heavy atom. The number of anilines is 1. The van der Waals surface area contributed by atoms with E-state index in [9.17, 15) is 0 Å². The number of rotatable bonds is 7. The number of nitrogens with one attached hydrogen (secondary N) is 1. The lowest BCUT2D eigenvalue weighted by atomic mass is 9.90. The van der Waals surface area contributed by atoms with E-state index in [1.54, 1.807) is 37.3 Å². The van der Waals surface area contributed by atoms with Gasteiger partial charge in [0.25, 0.3) is 0 Å². The molecule has 2 aromatic rings. The van der Waals surface area contributed by atoms with Crippen LogP contribution in [0.5, 0.6) is 0 Å². The number of hydrogen-bond donors (Lipinski definition) is 1. The highest BCUT2D eigenvalue weighted by molar-refractivity contribution is 7.98. The zero-order chi connectivity index (χ0) is 18.0. The summed E-state index contributed by atoms with van der Waals surface area (Å²) in [6.45, 7) is 5.52. The first-order valence-electron chi connectivity index (χ1n) is 8.33. The predicted octanol–water partition coefficient (Wildman–Crippen LogP) is 3.69. The van der Waals surface area contributed by atoms with Crippen molar-refractivity contribution in [1.82, 2.24) is 9.97 Å². The number of fused-ring (bicyclic) bond motifs is 3. The van der Waals surface area contributed by atoms with Crippen molar-refractivity contribution in [2.24, 2.45) is 0 Å². The van der Waals surface area contributed by atoms with Crippen LogP contribution >= 0.6 is 23.1 Å². The monoisotopic (exact) mass is 383 g/mol. The van der Waals surface area contributed by atoms with Crippen molar-refractivity contribution in [3.63, 3.8) is 0 Å². The molecule has 0 radical (unpaired) electrons. The molecule has 0 bridgehead atoms. The second kappa shape index (κ2) is 7.75. The lowest BCUT2D eigenvalue weighted by molar-refractivity contribution is -0.0914. The molecule has 2 aromatic heterocycles. The summed E-state index contributed by atoms with van der Waals surface area (Å²) in [5, 5.41) is 5.28. The van der Waals surface area contributed by atoms with Gasteiger partial charge in [0.05, 0.1) is 24.1 Å². The molecule has 25 heavy (non-hydrogen) atoms. The average Bonchev–Trinajstić information content (AvgIpc) is 2.99. The van der Waals surface area contributed by atoms with E-state index in [-0.39, 0.29) is 11.9 Å². The molecule has 0 spiro atoms. The summed E-state index contributed by atoms with van der Waals surface area (Å²) in [5.74, 6) is 0.853. The van der Waals surface area contributed by atoms with Crippen molar-refractivity contribution in [2.45, 2.75) is 50.3 Å². The van der Waals surface area contributed by atoms with Gasteiger partial charge in [-0.25, -0.2) is 9.97 Å². The lowest BCUT2D eigenvalue weighted by Gasteiger charge is -2.33. The van der Waals surface area contributed by atoms with Crippen molar-refractivity contribution in [3.8, 4) is 0 Å². The van der Waals surface area contributed by atoms with Gasteiger partial charge in [-0.3, -0.25) is 0 Å². The third-order valence-corrected chi connectivity index (χ3v) is 6.36. The van der Waals surface area contributed by atoms with E-state index >= 15 is 0 Å². The summed E-state index contributed by atoms with van der Waals surface area (Å²) in [6, 6.07) is 0. The van der Waals surface area contributed by atoms with Gasteiger partial charge in [-0.15, -0.1) is 11.3 Å². The normalized spacial score (nSPS) is 20.2. The first-order valence-corrected chi connectivity index (χ1v) is 10.4. The van der Waals surface area contributed by atoms with Crippen LogP contribution in [0.1, 0.15) is 30.7 Å². The quantitative estimate of drug-likeness (QED) is 0.444. The highest BCUT2D eigenvalue weighted by atomic mass is 32.2. The van der Waals surface area contributed by atoms with Gasteiger partial charge in [0.2, 0.25) is 0 Å². The Bertz CT molecular complexity index is 748. The standard InChI is InChI=1S/C17H25N3O3S2/c1-6-17(2)7-10-11(9-23-17)25-15-13(10)14(19-16(20-15)24-5)18-8-12(21-3)22-4/h12H,6-9H2,1-5H3,(H,18,19,20)/t17-/m0/s1. The molecular formula is C17H25N3O3S2. The Balaban J connectivity index is 2.03. The van der Waals surface area contributed by atoms with Crippen LogP contribution in [0.25, 0.3) is 10.2 Å². The number of thiophene rings is 1. The average molecular weight is 384 g/mol. The molecule has 1 aliphatic heterocycles. The predicted molar refractivity (Wildman–Crippen MR) is 103 cm³/mol. The van der Waals surface area contributed by atoms with Crippen LogP contribution in [-0.2, 0) is 27.2 Å². The number of aromatic nitrogens is 2. The number of nitrogens with zero attached hydrogens (tertiary/aromatic N) is 2. The Hall–Kier alpha value is -0.930. The van der Waals surface area contributed by atoms with Gasteiger partial charge in [0.1, 0.15) is 10.6 Å². The summed E-state index contributed by atoms with van der Waals surface area (Å²) < 4.78 is 16.7. The smallest absolute Gasteiger partial charge is 0.190 e. The van der Waals surface area contributed by atoms with E-state index in [0.717, 1.165) is 34.0 Å². The first kappa shape index (κ1) is 18.8. The number of methoxy groups -OCH3 is 2. The fourth-order valence-corrected chi connectivity index (χ4v) is 4.47. The van der Waals surface area contributed by atoms with Gasteiger partial charge in [0, 0.05) is 25.5 Å². The summed E-state index contributed by atoms with van der Waals surface area (Å²) in [6.07, 6.45) is 3.53. The van der Waals surface area contributed by atoms with Gasteiger partial charge < -0.3 is 19.5 Å². The molecule has 6 nitrogen and oxygen atoms in total. The van der Waals surface area contributed by atoms with Gasteiger partial charge in [-0.2, -0.15) is 0 Å². The third-order valence-electron chi connectivity index (χ3n) is 4.71. The minimum absolute atomic E-state index is 0.127. The molecular weight excluding hydrogens is 358 g/mol. The van der Waals surface area contributed by atoms with E-state index in [2.05, 4.69) is 19.2 Å². The Morgan fingerprint density at radius 3 is 2.76 bits per heavy atom. The molecule has 0 unspecified atom stereocenters. The summed E-state index contributed by atoms with van der Waals surface area (Å²) >= 11 is 3.25. The van der Waals surface area contributed by atoms with E-state index < -0.39 is 0 Å². The molecule has 0 saturated carbocycles. The van der Waals surface area contributed by atoms with Gasteiger partial charge in [-0.05, 0) is 25.2 Å². The topological polar surface area (TPSA) is 65.5 Å². The fourth-order valence-electron chi connectivity index (χ4n) is 2.94. The molecule has 0 aromatic carbocycles. The van der Waals surface area contributed by atoms with Gasteiger partial charge in [-0.1, -0.05) is 18.7 Å². The highest BCUT2D eigenvalue weighted by Gasteiger charge is 2.33. The van der Waals surface area contributed by atoms with Gasteiger partial charge >= 0.3 is 0 Å². The van der Waals surface area contributed by atoms with Crippen LogP contribution in [-0.4, -0.2) is 48.9 Å². The summed E-state index contributed by atoms with van der Waals surface area (Å²) in [4.78, 5) is 11.7. The molecule has 3 rings (SSSR count). The van der Waals surface area contributed by atoms with Crippen LogP contribution in [0.15, 0.2) is 5.16 Å². The number of ether oxygens (including phenoxy) is 3. The van der Waals surface area contributed by atoms with Crippen LogP contribution in [0.4, 0.5) is 5.82 Å². The first-order chi connectivity index (χ1) is 12.0. The largest absolute Gasteiger partial charge is 0.369 e. The van der Waals surface area contributed by atoms with E-state index in [0.29, 0.717) is 13.2 Å². The maximum Gasteiger partial charge on any atom is 0.190 e. The maximum atomic E-state index is 6.10. The molecule has 138 valence electrons. The molecule has 3 heterocycles. The Kier molecular flexibility index (Phi) is 5.85. The van der Waals surface area contributed by atoms with E-state index in [1.807, 2.05) is 6.26 Å². The van der Waals surface area contributed by atoms with Gasteiger partial charge in [0.15, 0.2) is 11.4 Å². The second-order valence-corrected chi connectivity index (χ2v) is 8.15. The summed E-state index contributed by atoms with van der Waals surface area (Å²) in [5.41, 5.74) is 1.19. The zero-order valence-electron chi connectivity index (χ0n) is 15.3. The van der Waals surface area contributed by atoms with Crippen molar-refractivity contribution in [3.05, 3.63) is 10.4 Å². The summed E-state index contributed by atoms with van der Waals surface area (Å²) in [7, 11) is 3.27. The zero-order valence-corrected chi connectivity index (χ0v) is 17.0. The van der Waals surface area contributed by atoms with Crippen LogP contribution in [0.2, 0.25) is 0 Å². The minimum Gasteiger partial charge on any atom is -0.369 e. The van der Waals surface area contributed by atoms with E-state index in [4.69, 9.17) is 24.2 Å².